The molecule has 9 nitrogen and oxygen atoms in total. The van der Waals surface area contributed by atoms with Gasteiger partial charge in [-0.2, -0.15) is 0 Å². The summed E-state index contributed by atoms with van der Waals surface area (Å²) in [6.45, 7) is 5.35. The van der Waals surface area contributed by atoms with Crippen LogP contribution in [0.4, 0.5) is 0 Å². The van der Waals surface area contributed by atoms with Crippen molar-refractivity contribution >= 4 is 21.9 Å². The summed E-state index contributed by atoms with van der Waals surface area (Å²) in [7, 11) is -3.43. The second kappa shape index (κ2) is 11.0. The van der Waals surface area contributed by atoms with Crippen LogP contribution in [-0.4, -0.2) is 75.1 Å². The average Bonchev–Trinajstić information content (AvgIpc) is 3.33. The van der Waals surface area contributed by atoms with Crippen molar-refractivity contribution in [3.8, 4) is 0 Å². The van der Waals surface area contributed by atoms with Gasteiger partial charge in [0.1, 0.15) is 0 Å². The molecule has 3 rings (SSSR count). The molecule has 1 aliphatic heterocycles. The van der Waals surface area contributed by atoms with Crippen molar-refractivity contribution in [2.75, 3.05) is 45.0 Å². The summed E-state index contributed by atoms with van der Waals surface area (Å²) in [6, 6.07) is 12.7. The summed E-state index contributed by atoms with van der Waals surface area (Å²) < 4.78 is 32.4. The number of carbonyl (C=O) groups excluding carboxylic acids is 1. The largest absolute Gasteiger partial charge is 0.459 e. The molecule has 31 heavy (non-hydrogen) atoms. The number of piperazine rings is 1. The molecule has 0 bridgehead atoms. The summed E-state index contributed by atoms with van der Waals surface area (Å²) in [5.74, 6) is 0.779. The van der Waals surface area contributed by atoms with Gasteiger partial charge in [0.15, 0.2) is 11.7 Å². The van der Waals surface area contributed by atoms with Crippen molar-refractivity contribution in [3.63, 3.8) is 0 Å². The SMILES string of the molecule is CCNC(=NCCS(=O)(=O)NCc1ccccc1)N1CCN(C(=O)c2ccco2)CC1. The van der Waals surface area contributed by atoms with Crippen LogP contribution in [0.2, 0.25) is 0 Å². The first-order valence-electron chi connectivity index (χ1n) is 10.4. The molecule has 1 aromatic carbocycles. The summed E-state index contributed by atoms with van der Waals surface area (Å²) in [4.78, 5) is 20.7. The Bertz CT molecular complexity index is 953. The standard InChI is InChI=1S/C21H29N5O4S/c1-2-22-21(23-10-16-31(28,29)24-17-18-7-4-3-5-8-18)26-13-11-25(12-14-26)20(27)19-9-6-15-30-19/h3-9,15,24H,2,10-14,16-17H2,1H3,(H,22,23). The molecule has 0 spiro atoms. The lowest BCUT2D eigenvalue weighted by Crippen LogP contribution is -2.53. The molecule has 10 heteroatoms. The molecule has 1 aliphatic rings. The van der Waals surface area contributed by atoms with Crippen LogP contribution in [0, 0.1) is 0 Å². The molecule has 0 atom stereocenters. The van der Waals surface area contributed by atoms with Gasteiger partial charge >= 0.3 is 0 Å². The van der Waals surface area contributed by atoms with Gasteiger partial charge in [-0.05, 0) is 24.6 Å². The fourth-order valence-electron chi connectivity index (χ4n) is 3.24. The van der Waals surface area contributed by atoms with E-state index in [1.165, 1.54) is 6.26 Å². The van der Waals surface area contributed by atoms with Crippen molar-refractivity contribution in [3.05, 3.63) is 60.1 Å². The maximum Gasteiger partial charge on any atom is 0.289 e. The zero-order valence-electron chi connectivity index (χ0n) is 17.7. The number of benzene rings is 1. The molecule has 1 amide bonds. The highest BCUT2D eigenvalue weighted by Crippen LogP contribution is 2.09. The van der Waals surface area contributed by atoms with E-state index in [0.29, 0.717) is 44.4 Å². The molecule has 0 aliphatic carbocycles. The molecule has 1 fully saturated rings. The van der Waals surface area contributed by atoms with Crippen molar-refractivity contribution < 1.29 is 17.6 Å². The van der Waals surface area contributed by atoms with Crippen molar-refractivity contribution in [2.24, 2.45) is 4.99 Å². The fraction of sp³-hybridized carbons (Fsp3) is 0.429. The van der Waals surface area contributed by atoms with E-state index in [9.17, 15) is 13.2 Å². The van der Waals surface area contributed by atoms with Crippen LogP contribution in [-0.2, 0) is 16.6 Å². The Balaban J connectivity index is 1.50. The molecule has 168 valence electrons. The smallest absolute Gasteiger partial charge is 0.289 e. The van der Waals surface area contributed by atoms with Crippen molar-refractivity contribution in [1.29, 1.82) is 0 Å². The number of nitrogens with zero attached hydrogens (tertiary/aromatic N) is 3. The molecule has 1 aromatic heterocycles. The van der Waals surface area contributed by atoms with Crippen LogP contribution >= 0.6 is 0 Å². The minimum absolute atomic E-state index is 0.0916. The average molecular weight is 448 g/mol. The van der Waals surface area contributed by atoms with Crippen LogP contribution in [0.3, 0.4) is 0 Å². The van der Waals surface area contributed by atoms with E-state index < -0.39 is 10.0 Å². The van der Waals surface area contributed by atoms with Crippen molar-refractivity contribution in [2.45, 2.75) is 13.5 Å². The van der Waals surface area contributed by atoms with E-state index in [4.69, 9.17) is 4.42 Å². The number of nitrogens with one attached hydrogen (secondary N) is 2. The summed E-state index contributed by atoms with van der Waals surface area (Å²) in [5, 5.41) is 3.21. The topological polar surface area (TPSA) is 107 Å². The second-order valence-corrected chi connectivity index (χ2v) is 9.04. The Kier molecular flexibility index (Phi) is 8.07. The predicted octanol–water partition coefficient (Wildman–Crippen LogP) is 1.12. The lowest BCUT2D eigenvalue weighted by Gasteiger charge is -2.36. The van der Waals surface area contributed by atoms with E-state index >= 15 is 0 Å². The van der Waals surface area contributed by atoms with Gasteiger partial charge in [-0.1, -0.05) is 30.3 Å². The van der Waals surface area contributed by atoms with Crippen LogP contribution in [0.1, 0.15) is 23.0 Å². The third kappa shape index (κ3) is 6.83. The van der Waals surface area contributed by atoms with Crippen LogP contribution in [0.5, 0.6) is 0 Å². The van der Waals surface area contributed by atoms with Gasteiger partial charge in [0.25, 0.3) is 5.91 Å². The van der Waals surface area contributed by atoms with Gasteiger partial charge in [0.2, 0.25) is 10.0 Å². The van der Waals surface area contributed by atoms with E-state index in [2.05, 4.69) is 15.0 Å². The highest BCUT2D eigenvalue weighted by Gasteiger charge is 2.25. The molecule has 2 aromatic rings. The predicted molar refractivity (Wildman–Crippen MR) is 119 cm³/mol. The number of hydrogen-bond acceptors (Lipinski definition) is 5. The maximum atomic E-state index is 12.4. The number of furan rings is 1. The monoisotopic (exact) mass is 447 g/mol. The molecule has 1 saturated heterocycles. The molecule has 0 unspecified atom stereocenters. The van der Waals surface area contributed by atoms with Gasteiger partial charge in [0.05, 0.1) is 18.6 Å². The number of carbonyl (C=O) groups is 1. The first-order valence-corrected chi connectivity index (χ1v) is 12.0. The van der Waals surface area contributed by atoms with Gasteiger partial charge < -0.3 is 19.5 Å². The molecule has 0 saturated carbocycles. The Morgan fingerprint density at radius 1 is 1.06 bits per heavy atom. The number of aliphatic imine (C=N–C) groups is 1. The van der Waals surface area contributed by atoms with E-state index in [-0.39, 0.29) is 24.7 Å². The summed E-state index contributed by atoms with van der Waals surface area (Å²) in [5.41, 5.74) is 0.907. The Morgan fingerprint density at radius 2 is 1.77 bits per heavy atom. The van der Waals surface area contributed by atoms with E-state index in [1.807, 2.05) is 42.2 Å². The third-order valence-electron chi connectivity index (χ3n) is 4.89. The Morgan fingerprint density at radius 3 is 2.42 bits per heavy atom. The van der Waals surface area contributed by atoms with Gasteiger partial charge in [-0.3, -0.25) is 9.79 Å². The molecule has 2 heterocycles. The normalized spacial score (nSPS) is 15.2. The molecular formula is C21H29N5O4S. The molecule has 0 radical (unpaired) electrons. The van der Waals surface area contributed by atoms with Crippen LogP contribution < -0.4 is 10.0 Å². The van der Waals surface area contributed by atoms with Crippen LogP contribution in [0.25, 0.3) is 0 Å². The van der Waals surface area contributed by atoms with E-state index in [1.54, 1.807) is 17.0 Å². The van der Waals surface area contributed by atoms with Gasteiger partial charge in [-0.25, -0.2) is 13.1 Å². The van der Waals surface area contributed by atoms with Crippen molar-refractivity contribution in [1.82, 2.24) is 19.8 Å². The molecular weight excluding hydrogens is 418 g/mol. The van der Waals surface area contributed by atoms with E-state index in [0.717, 1.165) is 5.56 Å². The Hall–Kier alpha value is -2.85. The number of sulfonamides is 1. The first-order chi connectivity index (χ1) is 15.0. The van der Waals surface area contributed by atoms with Crippen LogP contribution in [0.15, 0.2) is 58.1 Å². The molecule has 2 N–H and O–H groups in total. The summed E-state index contributed by atoms with van der Waals surface area (Å²) in [6.07, 6.45) is 1.49. The van der Waals surface area contributed by atoms with Gasteiger partial charge in [-0.15, -0.1) is 0 Å². The Labute approximate surface area is 183 Å². The highest BCUT2D eigenvalue weighted by atomic mass is 32.2. The zero-order chi connectivity index (χ0) is 22.1. The lowest BCUT2D eigenvalue weighted by atomic mass is 10.2. The number of hydrogen-bond donors (Lipinski definition) is 2. The van der Waals surface area contributed by atoms with Gasteiger partial charge in [0, 0.05) is 39.3 Å². The minimum Gasteiger partial charge on any atom is -0.459 e. The second-order valence-electron chi connectivity index (χ2n) is 7.12. The minimum atomic E-state index is -3.43. The summed E-state index contributed by atoms with van der Waals surface area (Å²) >= 11 is 0. The fourth-order valence-corrected chi connectivity index (χ4v) is 4.10. The first kappa shape index (κ1) is 22.8. The lowest BCUT2D eigenvalue weighted by molar-refractivity contribution is 0.0657. The zero-order valence-corrected chi connectivity index (χ0v) is 18.5. The number of rotatable bonds is 8. The number of amides is 1. The highest BCUT2D eigenvalue weighted by molar-refractivity contribution is 7.89. The third-order valence-corrected chi connectivity index (χ3v) is 6.20. The quantitative estimate of drug-likeness (QED) is 0.464. The number of guanidine groups is 1. The maximum absolute atomic E-state index is 12.4.